The second-order valence-electron chi connectivity index (χ2n) is 2.70. The zero-order chi connectivity index (χ0) is 7.11. The van der Waals surface area contributed by atoms with E-state index in [0.29, 0.717) is 0 Å². The summed E-state index contributed by atoms with van der Waals surface area (Å²) in [6.45, 7) is 4.53. The van der Waals surface area contributed by atoms with Gasteiger partial charge in [0.2, 0.25) is 0 Å². The average molecular weight is 188 g/mol. The summed E-state index contributed by atoms with van der Waals surface area (Å²) in [6, 6.07) is 0. The van der Waals surface area contributed by atoms with E-state index in [0.717, 1.165) is 4.71 Å². The molecule has 54 valence electrons. The molecule has 0 saturated heterocycles. The molecule has 1 unspecified atom stereocenters. The first kappa shape index (κ1) is 9.56. The maximum absolute atomic E-state index is 2.71. The first-order valence-electron chi connectivity index (χ1n) is 3.95. The molecule has 0 aromatic rings. The van der Waals surface area contributed by atoms with E-state index in [9.17, 15) is 0 Å². The maximum atomic E-state index is 2.71. The Bertz CT molecular complexity index is 50.5. The van der Waals surface area contributed by atoms with Crippen LogP contribution in [0.3, 0.4) is 0 Å². The number of rotatable bonds is 5. The van der Waals surface area contributed by atoms with Crippen molar-refractivity contribution in [1.29, 1.82) is 0 Å². The van der Waals surface area contributed by atoms with Crippen molar-refractivity contribution >= 4 is 16.9 Å². The molecule has 1 heteroatoms. The zero-order valence-electron chi connectivity index (χ0n) is 6.56. The monoisotopic (exact) mass is 188 g/mol. The summed E-state index contributed by atoms with van der Waals surface area (Å²) in [6.07, 6.45) is 7.01. The van der Waals surface area contributed by atoms with Gasteiger partial charge in [0.25, 0.3) is 0 Å². The van der Waals surface area contributed by atoms with E-state index >= 15 is 0 Å². The van der Waals surface area contributed by atoms with Crippen LogP contribution in [0.5, 0.6) is 0 Å². The minimum absolute atomic E-state index is 0.842. The minimum atomic E-state index is 0.842. The van der Waals surface area contributed by atoms with Crippen molar-refractivity contribution in [2.24, 2.45) is 0 Å². The van der Waals surface area contributed by atoms with E-state index in [-0.39, 0.29) is 0 Å². The Kier molecular flexibility index (Phi) is 7.09. The van der Waals surface area contributed by atoms with Gasteiger partial charge in [0.1, 0.15) is 0 Å². The van der Waals surface area contributed by atoms with E-state index in [2.05, 4.69) is 30.7 Å². The molecule has 0 amide bonds. The molecule has 0 aliphatic carbocycles. The second kappa shape index (κ2) is 6.68. The van der Waals surface area contributed by atoms with Crippen molar-refractivity contribution in [3.8, 4) is 0 Å². The fourth-order valence-corrected chi connectivity index (χ4v) is 1.25. The van der Waals surface area contributed by atoms with E-state index < -0.39 is 0 Å². The summed E-state index contributed by atoms with van der Waals surface area (Å²) in [5.74, 6) is 0. The Labute approximate surface area is 67.9 Å². The molecule has 0 fully saturated rings. The summed E-state index contributed by atoms with van der Waals surface area (Å²) >= 11 is 2.71. The Morgan fingerprint density at radius 2 is 1.89 bits per heavy atom. The van der Waals surface area contributed by atoms with Gasteiger partial charge in [-0.1, -0.05) is 0 Å². The third-order valence-electron chi connectivity index (χ3n) is 1.48. The van der Waals surface area contributed by atoms with Gasteiger partial charge in [-0.25, -0.2) is 0 Å². The summed E-state index contributed by atoms with van der Waals surface area (Å²) in [7, 11) is 0. The van der Waals surface area contributed by atoms with E-state index in [1.807, 2.05) is 0 Å². The van der Waals surface area contributed by atoms with E-state index in [1.165, 1.54) is 32.1 Å². The quantitative estimate of drug-likeness (QED) is 0.459. The molecule has 9 heavy (non-hydrogen) atoms. The molecule has 0 N–H and O–H groups in total. The predicted octanol–water partition coefficient (Wildman–Crippen LogP) is 2.93. The van der Waals surface area contributed by atoms with Gasteiger partial charge in [-0.3, -0.25) is 0 Å². The van der Waals surface area contributed by atoms with Crippen molar-refractivity contribution in [3.05, 3.63) is 0 Å². The Balaban J connectivity index is 2.75. The van der Waals surface area contributed by atoms with Crippen LogP contribution in [0.2, 0.25) is 4.71 Å². The molecule has 0 saturated carbocycles. The van der Waals surface area contributed by atoms with Gasteiger partial charge in [0.05, 0.1) is 0 Å². The fraction of sp³-hybridized carbons (Fsp3) is 1.00. The topological polar surface area (TPSA) is 0 Å². The molecular weight excluding hydrogens is 171 g/mol. The molecule has 2 radical (unpaired) electrons. The molecule has 0 aromatic carbocycles. The first-order valence-corrected chi connectivity index (χ1v) is 5.03. The average Bonchev–Trinajstić information content (AvgIpc) is 1.80. The summed E-state index contributed by atoms with van der Waals surface area (Å²) in [4.78, 5) is 0. The molecular formula is C8H17As. The van der Waals surface area contributed by atoms with E-state index in [4.69, 9.17) is 0 Å². The standard InChI is InChI=1S/C8H17As/c1-3-4-5-6-7-8(2)9/h8H,3-7H2,1-2H3. The summed E-state index contributed by atoms with van der Waals surface area (Å²) < 4.78 is 0.842. The van der Waals surface area contributed by atoms with Gasteiger partial charge in [-0.05, 0) is 0 Å². The zero-order valence-corrected chi connectivity index (χ0v) is 8.44. The summed E-state index contributed by atoms with van der Waals surface area (Å²) in [5, 5.41) is 0. The van der Waals surface area contributed by atoms with Gasteiger partial charge < -0.3 is 0 Å². The van der Waals surface area contributed by atoms with Crippen molar-refractivity contribution in [2.75, 3.05) is 0 Å². The van der Waals surface area contributed by atoms with Gasteiger partial charge in [0, 0.05) is 0 Å². The van der Waals surface area contributed by atoms with Gasteiger partial charge in [-0.15, -0.1) is 0 Å². The van der Waals surface area contributed by atoms with Gasteiger partial charge in [-0.2, -0.15) is 0 Å². The predicted molar refractivity (Wildman–Crippen MR) is 43.9 cm³/mol. The molecule has 0 nitrogen and oxygen atoms in total. The van der Waals surface area contributed by atoms with Crippen molar-refractivity contribution in [1.82, 2.24) is 0 Å². The van der Waals surface area contributed by atoms with Gasteiger partial charge >= 0.3 is 67.5 Å². The molecule has 0 aliphatic heterocycles. The summed E-state index contributed by atoms with van der Waals surface area (Å²) in [5.41, 5.74) is 0. The molecule has 0 spiro atoms. The number of hydrogen-bond acceptors (Lipinski definition) is 0. The van der Waals surface area contributed by atoms with Crippen molar-refractivity contribution in [2.45, 2.75) is 50.7 Å². The first-order chi connectivity index (χ1) is 4.27. The Morgan fingerprint density at radius 1 is 1.22 bits per heavy atom. The van der Waals surface area contributed by atoms with Crippen LogP contribution in [0, 0.1) is 0 Å². The SMILES string of the molecule is CCCCCCC(C)[As]. The van der Waals surface area contributed by atoms with Crippen LogP contribution in [0.1, 0.15) is 46.0 Å². The molecule has 0 aliphatic rings. The van der Waals surface area contributed by atoms with Crippen LogP contribution < -0.4 is 0 Å². The number of hydrogen-bond donors (Lipinski definition) is 0. The molecule has 1 atom stereocenters. The molecule has 0 bridgehead atoms. The second-order valence-corrected chi connectivity index (χ2v) is 4.55. The van der Waals surface area contributed by atoms with Crippen molar-refractivity contribution in [3.63, 3.8) is 0 Å². The van der Waals surface area contributed by atoms with E-state index in [1.54, 1.807) is 0 Å². The number of unbranched alkanes of at least 4 members (excludes halogenated alkanes) is 3. The molecule has 0 rings (SSSR count). The fourth-order valence-electron chi connectivity index (χ4n) is 0.867. The van der Waals surface area contributed by atoms with Crippen LogP contribution in [0.4, 0.5) is 0 Å². The Hall–Kier alpha value is 0.558. The Morgan fingerprint density at radius 3 is 2.33 bits per heavy atom. The van der Waals surface area contributed by atoms with Gasteiger partial charge in [0.15, 0.2) is 0 Å². The molecule has 0 heterocycles. The van der Waals surface area contributed by atoms with Crippen LogP contribution in [-0.4, -0.2) is 16.9 Å². The molecule has 0 aromatic heterocycles. The normalized spacial score (nSPS) is 13.7. The third kappa shape index (κ3) is 8.56. The van der Waals surface area contributed by atoms with Crippen molar-refractivity contribution < 1.29 is 0 Å². The third-order valence-corrected chi connectivity index (χ3v) is 2.02. The van der Waals surface area contributed by atoms with Crippen LogP contribution in [-0.2, 0) is 0 Å². The van der Waals surface area contributed by atoms with Crippen LogP contribution in [0.25, 0.3) is 0 Å². The van der Waals surface area contributed by atoms with Crippen LogP contribution >= 0.6 is 0 Å². The van der Waals surface area contributed by atoms with Crippen LogP contribution in [0.15, 0.2) is 0 Å².